The van der Waals surface area contributed by atoms with Crippen LogP contribution in [0.3, 0.4) is 0 Å². The Kier molecular flexibility index (Phi) is 18.0. The molecule has 0 aliphatic rings. The smallest absolute Gasteiger partial charge is 0.184 e. The van der Waals surface area contributed by atoms with Crippen LogP contribution in [-0.2, 0) is 4.43 Å². The van der Waals surface area contributed by atoms with Gasteiger partial charge in [-0.1, -0.05) is 57.0 Å². The number of rotatable bonds is 15. The van der Waals surface area contributed by atoms with Crippen molar-refractivity contribution in [3.05, 3.63) is 34.4 Å². The van der Waals surface area contributed by atoms with Crippen molar-refractivity contribution in [2.75, 3.05) is 0 Å². The average Bonchev–Trinajstić information content (AvgIpc) is 2.69. The molecule has 1 unspecified atom stereocenters. The number of aryl methyl sites for hydroxylation is 3. The van der Waals surface area contributed by atoms with Gasteiger partial charge in [0.1, 0.15) is 0 Å². The van der Waals surface area contributed by atoms with Crippen molar-refractivity contribution >= 4 is 51.1 Å². The zero-order valence-corrected chi connectivity index (χ0v) is 34.9. The summed E-state index contributed by atoms with van der Waals surface area (Å²) < 4.78 is 12.0. The van der Waals surface area contributed by atoms with Gasteiger partial charge >= 0.3 is 92.4 Å². The molecule has 216 valence electrons. The SMILES string of the molecule is CCC[CH2][Sn]([CH2]CCC)[CH2]CCC.Cc1cc(C)c(C(O[Si](C)(C)C)[Si]([Si](C)(C)C)[Si](C)(C)C)c(C)c1. The molecule has 6 heteroatoms. The topological polar surface area (TPSA) is 9.23 Å². The molecule has 1 rings (SSSR count). The average molecular weight is 686 g/mol. The third-order valence-corrected chi connectivity index (χ3v) is 46.2. The minimum Gasteiger partial charge on any atom is -0.414 e. The molecular weight excluding hydrogens is 619 g/mol. The van der Waals surface area contributed by atoms with Crippen LogP contribution >= 0.6 is 0 Å². The van der Waals surface area contributed by atoms with Crippen LogP contribution in [0.15, 0.2) is 12.1 Å². The first-order chi connectivity index (χ1) is 16.9. The zero-order chi connectivity index (χ0) is 29.0. The molecule has 0 fully saturated rings. The fourth-order valence-corrected chi connectivity index (χ4v) is 55.8. The Balaban J connectivity index is 0.000000845. The molecular formula is C31H66OSi4Sn. The standard InChI is InChI=1S/C19H39OSi4.3C4H9.Sn/c1-15-13-16(2)18(17(3)14-15)19(20-22(4,5)6)21(23(7,8)9)24(10,11)12;3*1-3-4-2;/h13-14,19H,1-12H3;3*1,3-4H2,2H3;. The maximum Gasteiger partial charge on any atom is 0.184 e. The van der Waals surface area contributed by atoms with Crippen LogP contribution in [-0.4, -0.2) is 51.1 Å². The van der Waals surface area contributed by atoms with Crippen LogP contribution in [0.1, 0.15) is 87.3 Å². The van der Waals surface area contributed by atoms with E-state index in [9.17, 15) is 0 Å². The van der Waals surface area contributed by atoms with E-state index in [-0.39, 0.29) is 0 Å². The van der Waals surface area contributed by atoms with E-state index in [2.05, 4.69) is 113 Å². The summed E-state index contributed by atoms with van der Waals surface area (Å²) in [5.74, 6) is 0. The Labute approximate surface area is 246 Å². The van der Waals surface area contributed by atoms with E-state index in [1.807, 2.05) is 0 Å². The predicted molar refractivity (Wildman–Crippen MR) is 185 cm³/mol. The third kappa shape index (κ3) is 15.4. The summed E-state index contributed by atoms with van der Waals surface area (Å²) in [6.45, 7) is 36.4. The monoisotopic (exact) mass is 686 g/mol. The van der Waals surface area contributed by atoms with Crippen molar-refractivity contribution in [3.8, 4) is 0 Å². The molecule has 1 aromatic carbocycles. The van der Waals surface area contributed by atoms with Gasteiger partial charge in [0.15, 0.2) is 8.32 Å². The zero-order valence-electron chi connectivity index (χ0n) is 28.0. The first-order valence-electron chi connectivity index (χ1n) is 15.4. The normalized spacial score (nSPS) is 13.6. The summed E-state index contributed by atoms with van der Waals surface area (Å²) in [6.07, 6.45) is 8.85. The molecule has 1 nitrogen and oxygen atoms in total. The van der Waals surface area contributed by atoms with Gasteiger partial charge in [-0.15, -0.1) is 0 Å². The maximum atomic E-state index is 6.99. The van der Waals surface area contributed by atoms with Gasteiger partial charge in [0.2, 0.25) is 0 Å². The molecule has 0 aromatic heterocycles. The first kappa shape index (κ1) is 37.8. The number of unbranched alkanes of at least 4 members (excludes halogenated alkanes) is 3. The van der Waals surface area contributed by atoms with Crippen molar-refractivity contribution in [2.24, 2.45) is 0 Å². The van der Waals surface area contributed by atoms with Crippen molar-refractivity contribution in [2.45, 2.75) is 158 Å². The molecule has 0 saturated carbocycles. The molecule has 0 aliphatic heterocycles. The van der Waals surface area contributed by atoms with Gasteiger partial charge in [-0.2, -0.15) is 0 Å². The molecule has 1 atom stereocenters. The van der Waals surface area contributed by atoms with Gasteiger partial charge < -0.3 is 4.43 Å². The van der Waals surface area contributed by atoms with Crippen LogP contribution in [0.25, 0.3) is 0 Å². The van der Waals surface area contributed by atoms with Gasteiger partial charge in [-0.05, 0) is 57.1 Å². The molecule has 1 aromatic rings. The van der Waals surface area contributed by atoms with Gasteiger partial charge in [-0.3, -0.25) is 0 Å². The Hall–Kier alpha value is 0.846. The van der Waals surface area contributed by atoms with E-state index in [1.165, 1.54) is 60.8 Å². The molecule has 0 aliphatic carbocycles. The molecule has 0 N–H and O–H groups in total. The largest absolute Gasteiger partial charge is 0.414 e. The summed E-state index contributed by atoms with van der Waals surface area (Å²) >= 11 is -0.839. The third-order valence-electron chi connectivity index (χ3n) is 7.00. The van der Waals surface area contributed by atoms with E-state index in [1.54, 1.807) is 13.3 Å². The molecule has 0 heterocycles. The van der Waals surface area contributed by atoms with Crippen molar-refractivity contribution in [1.82, 2.24) is 0 Å². The van der Waals surface area contributed by atoms with Gasteiger partial charge in [-0.25, -0.2) is 0 Å². The van der Waals surface area contributed by atoms with Crippen molar-refractivity contribution in [1.29, 1.82) is 0 Å². The Morgan fingerprint density at radius 1 is 0.676 bits per heavy atom. The number of benzene rings is 1. The second kappa shape index (κ2) is 17.6. The molecule has 0 saturated heterocycles. The number of hydrogen-bond donors (Lipinski definition) is 0. The van der Waals surface area contributed by atoms with E-state index in [0.29, 0.717) is 5.73 Å². The van der Waals surface area contributed by atoms with E-state index >= 15 is 0 Å². The second-order valence-electron chi connectivity index (χ2n) is 14.4. The summed E-state index contributed by atoms with van der Waals surface area (Å²) in [4.78, 5) is 0. The first-order valence-corrected chi connectivity index (χ1v) is 35.4. The molecule has 0 amide bonds. The van der Waals surface area contributed by atoms with Crippen molar-refractivity contribution < 1.29 is 4.43 Å². The summed E-state index contributed by atoms with van der Waals surface area (Å²) in [5.41, 5.74) is 6.15. The minimum atomic E-state index is -1.61. The molecule has 0 bridgehead atoms. The van der Waals surface area contributed by atoms with Crippen LogP contribution in [0.4, 0.5) is 0 Å². The Morgan fingerprint density at radius 2 is 1.03 bits per heavy atom. The maximum absolute atomic E-state index is 6.99. The summed E-state index contributed by atoms with van der Waals surface area (Å²) in [7, 11) is -4.71. The van der Waals surface area contributed by atoms with Crippen LogP contribution in [0, 0.1) is 20.8 Å². The van der Waals surface area contributed by atoms with Crippen molar-refractivity contribution in [3.63, 3.8) is 0 Å². The van der Waals surface area contributed by atoms with Gasteiger partial charge in [0, 0.05) is 15.2 Å². The number of hydrogen-bond acceptors (Lipinski definition) is 1. The Morgan fingerprint density at radius 3 is 1.30 bits per heavy atom. The quantitative estimate of drug-likeness (QED) is 0.167. The minimum absolute atomic E-state index is 0.376. The molecule has 37 heavy (non-hydrogen) atoms. The van der Waals surface area contributed by atoms with Crippen LogP contribution in [0.2, 0.25) is 72.2 Å². The van der Waals surface area contributed by atoms with Crippen LogP contribution in [0.5, 0.6) is 0 Å². The van der Waals surface area contributed by atoms with E-state index in [0.717, 1.165) is 0 Å². The predicted octanol–water partition coefficient (Wildman–Crippen LogP) is 11.3. The molecule has 0 spiro atoms. The van der Waals surface area contributed by atoms with E-state index in [4.69, 9.17) is 4.43 Å². The molecule has 2 radical (unpaired) electrons. The van der Waals surface area contributed by atoms with Gasteiger partial charge in [0.25, 0.3) is 0 Å². The van der Waals surface area contributed by atoms with Crippen LogP contribution < -0.4 is 0 Å². The summed E-state index contributed by atoms with van der Waals surface area (Å²) in [6, 6.07) is 4.72. The Bertz CT molecular complexity index is 706. The summed E-state index contributed by atoms with van der Waals surface area (Å²) in [5, 5.41) is 0. The van der Waals surface area contributed by atoms with Gasteiger partial charge in [0.05, 0.1) is 13.6 Å². The van der Waals surface area contributed by atoms with E-state index < -0.39 is 51.1 Å². The second-order valence-corrected chi connectivity index (χ2v) is 51.5. The fraction of sp³-hybridized carbons (Fsp3) is 0.806. The fourth-order valence-electron chi connectivity index (χ4n) is 5.79.